The summed E-state index contributed by atoms with van der Waals surface area (Å²) in [6.45, 7) is 3.09. The Morgan fingerprint density at radius 1 is 1.40 bits per heavy atom. The lowest BCUT2D eigenvalue weighted by Gasteiger charge is -2.21. The lowest BCUT2D eigenvalue weighted by molar-refractivity contribution is 0.144. The summed E-state index contributed by atoms with van der Waals surface area (Å²) >= 11 is 3.26. The average molecular weight is 291 g/mol. The van der Waals surface area contributed by atoms with Crippen molar-refractivity contribution in [1.82, 2.24) is 0 Å². The maximum atomic E-state index is 12.1. The van der Waals surface area contributed by atoms with Gasteiger partial charge in [0.15, 0.2) is 9.84 Å². The molecule has 3 nitrogen and oxygen atoms in total. The average Bonchev–Trinajstić information content (AvgIpc) is 2.26. The van der Waals surface area contributed by atoms with E-state index in [9.17, 15) is 13.5 Å². The van der Waals surface area contributed by atoms with Crippen molar-refractivity contribution in [2.75, 3.05) is 0 Å². The van der Waals surface area contributed by atoms with Crippen molar-refractivity contribution in [1.29, 1.82) is 0 Å². The Hall–Kier alpha value is -0.390. The number of fused-ring (bicyclic) bond motifs is 1. The molecule has 0 aliphatic carbocycles. The minimum atomic E-state index is -3.42. The number of halogens is 1. The third-order valence-corrected chi connectivity index (χ3v) is 5.96. The van der Waals surface area contributed by atoms with Crippen LogP contribution in [0.2, 0.25) is 0 Å². The van der Waals surface area contributed by atoms with Gasteiger partial charge >= 0.3 is 0 Å². The van der Waals surface area contributed by atoms with Gasteiger partial charge in [0.1, 0.15) is 4.75 Å². The van der Waals surface area contributed by atoms with E-state index in [-0.39, 0.29) is 4.90 Å². The Morgan fingerprint density at radius 2 is 2.00 bits per heavy atom. The lowest BCUT2D eigenvalue weighted by Crippen LogP contribution is -2.32. The normalized spacial score (nSPS) is 26.3. The molecule has 5 heteroatoms. The summed E-state index contributed by atoms with van der Waals surface area (Å²) in [4.78, 5) is 0.239. The van der Waals surface area contributed by atoms with E-state index in [0.29, 0.717) is 5.56 Å². The van der Waals surface area contributed by atoms with Crippen LogP contribution in [-0.2, 0) is 9.84 Å². The summed E-state index contributed by atoms with van der Waals surface area (Å²) in [5.41, 5.74) is 0.481. The quantitative estimate of drug-likeness (QED) is 0.796. The van der Waals surface area contributed by atoms with Gasteiger partial charge in [0.2, 0.25) is 0 Å². The van der Waals surface area contributed by atoms with Crippen LogP contribution in [0.4, 0.5) is 0 Å². The van der Waals surface area contributed by atoms with Gasteiger partial charge in [0, 0.05) is 10.0 Å². The maximum absolute atomic E-state index is 12.1. The molecule has 0 amide bonds. The molecule has 0 radical (unpaired) electrons. The first-order valence-corrected chi connectivity index (χ1v) is 6.78. The van der Waals surface area contributed by atoms with Crippen molar-refractivity contribution in [3.05, 3.63) is 28.2 Å². The van der Waals surface area contributed by atoms with Crippen molar-refractivity contribution in [2.45, 2.75) is 29.6 Å². The van der Waals surface area contributed by atoms with E-state index in [1.165, 1.54) is 6.07 Å². The van der Waals surface area contributed by atoms with Gasteiger partial charge in [-0.05, 0) is 32.0 Å². The molecule has 1 atom stereocenters. The van der Waals surface area contributed by atoms with Crippen LogP contribution in [0.5, 0.6) is 0 Å². The zero-order valence-corrected chi connectivity index (χ0v) is 10.8. The summed E-state index contributed by atoms with van der Waals surface area (Å²) in [5, 5.41) is 9.97. The van der Waals surface area contributed by atoms with Crippen LogP contribution in [0, 0.1) is 0 Å². The number of hydrogen-bond donors (Lipinski definition) is 1. The highest BCUT2D eigenvalue weighted by Gasteiger charge is 2.51. The number of rotatable bonds is 0. The smallest absolute Gasteiger partial charge is 0.186 e. The highest BCUT2D eigenvalue weighted by molar-refractivity contribution is 9.10. The molecule has 1 N–H and O–H groups in total. The predicted octanol–water partition coefficient (Wildman–Crippen LogP) is 2.05. The van der Waals surface area contributed by atoms with Crippen LogP contribution in [0.1, 0.15) is 25.5 Å². The fourth-order valence-electron chi connectivity index (χ4n) is 1.78. The first kappa shape index (κ1) is 11.1. The molecule has 1 aromatic rings. The van der Waals surface area contributed by atoms with Crippen LogP contribution >= 0.6 is 15.9 Å². The monoisotopic (exact) mass is 290 g/mol. The summed E-state index contributed by atoms with van der Waals surface area (Å²) in [6.07, 6.45) is -0.963. The van der Waals surface area contributed by atoms with Crippen molar-refractivity contribution < 1.29 is 13.5 Å². The third kappa shape index (κ3) is 1.30. The van der Waals surface area contributed by atoms with Gasteiger partial charge in [-0.2, -0.15) is 0 Å². The van der Waals surface area contributed by atoms with E-state index in [0.717, 1.165) is 4.47 Å². The Balaban J connectivity index is 2.80. The zero-order valence-electron chi connectivity index (χ0n) is 8.36. The van der Waals surface area contributed by atoms with Gasteiger partial charge in [0.05, 0.1) is 11.0 Å². The molecular weight excluding hydrogens is 280 g/mol. The van der Waals surface area contributed by atoms with E-state index in [1.54, 1.807) is 26.0 Å². The molecule has 0 aromatic heterocycles. The lowest BCUT2D eigenvalue weighted by atomic mass is 9.99. The van der Waals surface area contributed by atoms with Crippen molar-refractivity contribution in [3.8, 4) is 0 Å². The van der Waals surface area contributed by atoms with Gasteiger partial charge in [-0.15, -0.1) is 0 Å². The molecule has 0 fully saturated rings. The summed E-state index contributed by atoms with van der Waals surface area (Å²) in [6, 6.07) is 4.86. The van der Waals surface area contributed by atoms with E-state index < -0.39 is 20.7 Å². The molecular formula is C10H11BrO3S. The van der Waals surface area contributed by atoms with Gasteiger partial charge in [0.25, 0.3) is 0 Å². The van der Waals surface area contributed by atoms with Gasteiger partial charge < -0.3 is 5.11 Å². The van der Waals surface area contributed by atoms with Crippen LogP contribution < -0.4 is 0 Å². The number of sulfone groups is 1. The molecule has 15 heavy (non-hydrogen) atoms. The topological polar surface area (TPSA) is 54.4 Å². The molecule has 1 unspecified atom stereocenters. The Labute approximate surface area is 97.2 Å². The minimum absolute atomic E-state index is 0.239. The number of hydrogen-bond acceptors (Lipinski definition) is 3. The summed E-state index contributed by atoms with van der Waals surface area (Å²) in [7, 11) is -3.42. The van der Waals surface area contributed by atoms with Gasteiger partial charge in [-0.1, -0.05) is 15.9 Å². The van der Waals surface area contributed by atoms with E-state index in [1.807, 2.05) is 0 Å². The molecule has 1 heterocycles. The van der Waals surface area contributed by atoms with E-state index >= 15 is 0 Å². The number of benzene rings is 1. The Morgan fingerprint density at radius 3 is 2.60 bits per heavy atom. The Kier molecular flexibility index (Phi) is 2.26. The molecule has 1 aliphatic rings. The largest absolute Gasteiger partial charge is 0.387 e. The third-order valence-electron chi connectivity index (χ3n) is 2.91. The fourth-order valence-corrected chi connectivity index (χ4v) is 3.88. The molecule has 1 aromatic carbocycles. The highest BCUT2D eigenvalue weighted by atomic mass is 79.9. The number of aliphatic hydroxyl groups is 1. The minimum Gasteiger partial charge on any atom is -0.387 e. The maximum Gasteiger partial charge on any atom is 0.186 e. The van der Waals surface area contributed by atoms with Crippen LogP contribution in [0.3, 0.4) is 0 Å². The van der Waals surface area contributed by atoms with Crippen molar-refractivity contribution in [3.63, 3.8) is 0 Å². The summed E-state index contributed by atoms with van der Waals surface area (Å²) < 4.78 is 23.7. The van der Waals surface area contributed by atoms with E-state index in [2.05, 4.69) is 15.9 Å². The molecule has 0 spiro atoms. The van der Waals surface area contributed by atoms with Crippen molar-refractivity contribution >= 4 is 25.8 Å². The van der Waals surface area contributed by atoms with Crippen LogP contribution in [-0.4, -0.2) is 18.3 Å². The van der Waals surface area contributed by atoms with Gasteiger partial charge in [-0.3, -0.25) is 0 Å². The first-order valence-electron chi connectivity index (χ1n) is 4.50. The molecule has 1 aliphatic heterocycles. The Bertz CT molecular complexity index is 519. The molecule has 0 bridgehead atoms. The number of aliphatic hydroxyl groups excluding tert-OH is 1. The molecule has 2 rings (SSSR count). The first-order chi connectivity index (χ1) is 6.78. The SMILES string of the molecule is CC1(C)C(O)c2cc(Br)ccc2S1(=O)=O. The van der Waals surface area contributed by atoms with Gasteiger partial charge in [-0.25, -0.2) is 8.42 Å². The fraction of sp³-hybridized carbons (Fsp3) is 0.400. The van der Waals surface area contributed by atoms with Crippen LogP contribution in [0.25, 0.3) is 0 Å². The molecule has 0 saturated heterocycles. The van der Waals surface area contributed by atoms with Crippen LogP contribution in [0.15, 0.2) is 27.6 Å². The second-order valence-corrected chi connectivity index (χ2v) is 7.61. The second kappa shape index (κ2) is 3.06. The zero-order chi connectivity index (χ0) is 11.4. The standard InChI is InChI=1S/C10H11BrO3S/c1-10(2)9(12)7-5-6(11)3-4-8(7)15(10,13)14/h3-5,9,12H,1-2H3. The second-order valence-electron chi connectivity index (χ2n) is 4.19. The van der Waals surface area contributed by atoms with Crippen molar-refractivity contribution in [2.24, 2.45) is 0 Å². The predicted molar refractivity (Wildman–Crippen MR) is 60.4 cm³/mol. The molecule has 82 valence electrons. The molecule has 0 saturated carbocycles. The summed E-state index contributed by atoms with van der Waals surface area (Å²) in [5.74, 6) is 0. The highest BCUT2D eigenvalue weighted by Crippen LogP contribution is 2.46. The van der Waals surface area contributed by atoms with E-state index in [4.69, 9.17) is 0 Å².